The van der Waals surface area contributed by atoms with Gasteiger partial charge in [-0.3, -0.25) is 4.79 Å². The van der Waals surface area contributed by atoms with Crippen molar-refractivity contribution in [2.45, 2.75) is 39.5 Å². The van der Waals surface area contributed by atoms with E-state index in [0.29, 0.717) is 17.7 Å². The molecule has 3 heteroatoms. The van der Waals surface area contributed by atoms with Crippen LogP contribution >= 0.6 is 0 Å². The number of nitrogens with zero attached hydrogens (tertiary/aromatic N) is 1. The third-order valence-corrected chi connectivity index (χ3v) is 4.65. The van der Waals surface area contributed by atoms with E-state index in [0.717, 1.165) is 38.8 Å². The lowest BCUT2D eigenvalue weighted by atomic mass is 9.77. The van der Waals surface area contributed by atoms with Crippen LogP contribution in [0, 0.1) is 17.3 Å². The van der Waals surface area contributed by atoms with E-state index in [9.17, 15) is 9.90 Å². The molecule has 16 heavy (non-hydrogen) atoms. The molecule has 0 bridgehead atoms. The van der Waals surface area contributed by atoms with Gasteiger partial charge in [0.05, 0.1) is 0 Å². The normalized spacial score (nSPS) is 32.6. The third-order valence-electron chi connectivity index (χ3n) is 4.65. The molecule has 2 aliphatic rings. The molecule has 2 fully saturated rings. The summed E-state index contributed by atoms with van der Waals surface area (Å²) in [5, 5.41) is 9.43. The van der Waals surface area contributed by atoms with Crippen LogP contribution in [0.15, 0.2) is 0 Å². The van der Waals surface area contributed by atoms with Crippen LogP contribution in [0.3, 0.4) is 0 Å². The zero-order valence-electron chi connectivity index (χ0n) is 10.4. The Morgan fingerprint density at radius 1 is 1.44 bits per heavy atom. The van der Waals surface area contributed by atoms with Gasteiger partial charge >= 0.3 is 0 Å². The van der Waals surface area contributed by atoms with Crippen LogP contribution in [0.1, 0.15) is 39.5 Å². The van der Waals surface area contributed by atoms with Gasteiger partial charge in [-0.1, -0.05) is 13.8 Å². The summed E-state index contributed by atoms with van der Waals surface area (Å²) in [6.07, 6.45) is 4.03. The van der Waals surface area contributed by atoms with Gasteiger partial charge in [-0.15, -0.1) is 0 Å². The first-order valence-corrected chi connectivity index (χ1v) is 6.51. The number of likely N-dealkylation sites (tertiary alicyclic amines) is 1. The van der Waals surface area contributed by atoms with E-state index in [1.54, 1.807) is 0 Å². The molecule has 92 valence electrons. The quantitative estimate of drug-likeness (QED) is 0.793. The first-order chi connectivity index (χ1) is 7.62. The van der Waals surface area contributed by atoms with Crippen LogP contribution in [0.5, 0.6) is 0 Å². The zero-order chi connectivity index (χ0) is 11.8. The number of carbonyl (C=O) groups is 1. The molecule has 0 aromatic rings. The fourth-order valence-electron chi connectivity index (χ4n) is 2.73. The molecule has 0 aromatic carbocycles. The average molecular weight is 225 g/mol. The molecular weight excluding hydrogens is 202 g/mol. The van der Waals surface area contributed by atoms with E-state index in [-0.39, 0.29) is 12.0 Å². The molecule has 1 aliphatic carbocycles. The fourth-order valence-corrected chi connectivity index (χ4v) is 2.73. The molecule has 3 nitrogen and oxygen atoms in total. The number of amides is 1. The summed E-state index contributed by atoms with van der Waals surface area (Å²) in [6.45, 7) is 6.24. The molecule has 0 spiro atoms. The lowest BCUT2D eigenvalue weighted by Gasteiger charge is -2.40. The number of carbonyl (C=O) groups excluding carboxylic acids is 1. The number of aliphatic hydroxyl groups is 1. The second-order valence-corrected chi connectivity index (χ2v) is 5.66. The molecule has 1 amide bonds. The maximum absolute atomic E-state index is 12.0. The highest BCUT2D eigenvalue weighted by Crippen LogP contribution is 2.41. The lowest BCUT2D eigenvalue weighted by Crippen LogP contribution is -2.45. The van der Waals surface area contributed by atoms with Gasteiger partial charge in [0.15, 0.2) is 0 Å². The predicted octanol–water partition coefficient (Wildman–Crippen LogP) is 1.65. The standard InChI is InChI=1S/C13H23NO2/c1-3-13(9-15)4-6-14(7-5-13)12(16)11-8-10(11)2/h10-11,15H,3-9H2,1-2H3. The minimum atomic E-state index is 0.0892. The highest BCUT2D eigenvalue weighted by molar-refractivity contribution is 5.81. The van der Waals surface area contributed by atoms with Gasteiger partial charge in [-0.05, 0) is 37.0 Å². The SMILES string of the molecule is CCC1(CO)CCN(C(=O)C2CC2C)CC1. The molecule has 0 radical (unpaired) electrons. The van der Waals surface area contributed by atoms with Gasteiger partial charge in [0.1, 0.15) is 0 Å². The summed E-state index contributed by atoms with van der Waals surface area (Å²) in [6, 6.07) is 0. The summed E-state index contributed by atoms with van der Waals surface area (Å²) in [7, 11) is 0. The van der Waals surface area contributed by atoms with E-state index in [1.807, 2.05) is 4.90 Å². The van der Waals surface area contributed by atoms with E-state index < -0.39 is 0 Å². The van der Waals surface area contributed by atoms with E-state index in [4.69, 9.17) is 0 Å². The maximum atomic E-state index is 12.0. The molecule has 2 atom stereocenters. The van der Waals surface area contributed by atoms with Crippen LogP contribution in [0.4, 0.5) is 0 Å². The molecule has 0 aromatic heterocycles. The molecule has 1 aliphatic heterocycles. The smallest absolute Gasteiger partial charge is 0.225 e. The second kappa shape index (κ2) is 4.36. The van der Waals surface area contributed by atoms with Gasteiger partial charge < -0.3 is 10.0 Å². The van der Waals surface area contributed by atoms with Gasteiger partial charge in [-0.25, -0.2) is 0 Å². The molecule has 2 rings (SSSR count). The van der Waals surface area contributed by atoms with E-state index in [1.165, 1.54) is 0 Å². The Hall–Kier alpha value is -0.570. The summed E-state index contributed by atoms with van der Waals surface area (Å²) in [5.41, 5.74) is 0.0892. The first-order valence-electron chi connectivity index (χ1n) is 6.51. The van der Waals surface area contributed by atoms with Crippen molar-refractivity contribution in [3.63, 3.8) is 0 Å². The van der Waals surface area contributed by atoms with Crippen molar-refractivity contribution >= 4 is 5.91 Å². The number of piperidine rings is 1. The summed E-state index contributed by atoms with van der Waals surface area (Å²) in [4.78, 5) is 14.0. The van der Waals surface area contributed by atoms with Gasteiger partial charge in [0.2, 0.25) is 5.91 Å². The number of aliphatic hydroxyl groups excluding tert-OH is 1. The Morgan fingerprint density at radius 3 is 2.38 bits per heavy atom. The molecular formula is C13H23NO2. The van der Waals surface area contributed by atoms with Crippen molar-refractivity contribution in [3.8, 4) is 0 Å². The molecule has 1 heterocycles. The van der Waals surface area contributed by atoms with Crippen molar-refractivity contribution in [2.75, 3.05) is 19.7 Å². The highest BCUT2D eigenvalue weighted by Gasteiger charge is 2.43. The Morgan fingerprint density at radius 2 is 2.00 bits per heavy atom. The number of rotatable bonds is 3. The van der Waals surface area contributed by atoms with Crippen LogP contribution in [0.2, 0.25) is 0 Å². The van der Waals surface area contributed by atoms with E-state index in [2.05, 4.69) is 13.8 Å². The van der Waals surface area contributed by atoms with Crippen molar-refractivity contribution in [2.24, 2.45) is 17.3 Å². The minimum absolute atomic E-state index is 0.0892. The molecule has 1 saturated carbocycles. The third kappa shape index (κ3) is 2.10. The van der Waals surface area contributed by atoms with Crippen molar-refractivity contribution in [3.05, 3.63) is 0 Å². The zero-order valence-corrected chi connectivity index (χ0v) is 10.4. The predicted molar refractivity (Wildman–Crippen MR) is 62.9 cm³/mol. The Bertz CT molecular complexity index is 263. The summed E-state index contributed by atoms with van der Waals surface area (Å²) in [5.74, 6) is 1.27. The second-order valence-electron chi connectivity index (χ2n) is 5.66. The first kappa shape index (κ1) is 11.9. The monoisotopic (exact) mass is 225 g/mol. The molecule has 2 unspecified atom stereocenters. The largest absolute Gasteiger partial charge is 0.396 e. The van der Waals surface area contributed by atoms with Crippen LogP contribution < -0.4 is 0 Å². The number of hydrogen-bond donors (Lipinski definition) is 1. The van der Waals surface area contributed by atoms with E-state index >= 15 is 0 Å². The molecule has 1 saturated heterocycles. The van der Waals surface area contributed by atoms with Crippen LogP contribution in [-0.4, -0.2) is 35.6 Å². The minimum Gasteiger partial charge on any atom is -0.396 e. The maximum Gasteiger partial charge on any atom is 0.225 e. The number of hydrogen-bond acceptors (Lipinski definition) is 2. The van der Waals surface area contributed by atoms with Crippen LogP contribution in [0.25, 0.3) is 0 Å². The van der Waals surface area contributed by atoms with Gasteiger partial charge in [0, 0.05) is 25.6 Å². The van der Waals surface area contributed by atoms with Crippen molar-refractivity contribution in [1.82, 2.24) is 4.90 Å². The van der Waals surface area contributed by atoms with Gasteiger partial charge in [-0.2, -0.15) is 0 Å². The Balaban J connectivity index is 1.87. The average Bonchev–Trinajstić information content (AvgIpc) is 3.06. The highest BCUT2D eigenvalue weighted by atomic mass is 16.3. The fraction of sp³-hybridized carbons (Fsp3) is 0.923. The lowest BCUT2D eigenvalue weighted by molar-refractivity contribution is -0.135. The Kier molecular flexibility index (Phi) is 3.24. The molecule has 1 N–H and O–H groups in total. The van der Waals surface area contributed by atoms with Crippen molar-refractivity contribution < 1.29 is 9.90 Å². The summed E-state index contributed by atoms with van der Waals surface area (Å²) < 4.78 is 0. The van der Waals surface area contributed by atoms with Gasteiger partial charge in [0.25, 0.3) is 0 Å². The topological polar surface area (TPSA) is 40.5 Å². The van der Waals surface area contributed by atoms with Crippen LogP contribution in [-0.2, 0) is 4.79 Å². The van der Waals surface area contributed by atoms with Crippen molar-refractivity contribution in [1.29, 1.82) is 0 Å². The Labute approximate surface area is 97.8 Å². The summed E-state index contributed by atoms with van der Waals surface area (Å²) >= 11 is 0.